The van der Waals surface area contributed by atoms with Gasteiger partial charge in [-0.15, -0.1) is 0 Å². The molecule has 0 unspecified atom stereocenters. The van der Waals surface area contributed by atoms with Crippen LogP contribution in [-0.2, 0) is 11.4 Å². The first-order chi connectivity index (χ1) is 10.6. The van der Waals surface area contributed by atoms with Gasteiger partial charge in [-0.05, 0) is 47.9 Å². The molecular formula is C18H19NO3. The number of benzene rings is 2. The van der Waals surface area contributed by atoms with Crippen molar-refractivity contribution >= 4 is 17.7 Å². The number of carbonyl (C=O) groups excluding carboxylic acids is 1. The lowest BCUT2D eigenvalue weighted by Gasteiger charge is -2.08. The van der Waals surface area contributed by atoms with Crippen LogP contribution in [0.2, 0.25) is 0 Å². The number of carbonyl (C=O) groups is 1. The summed E-state index contributed by atoms with van der Waals surface area (Å²) in [4.78, 5) is 12.0. The summed E-state index contributed by atoms with van der Waals surface area (Å²) in [7, 11) is 1.60. The first-order valence-electron chi connectivity index (χ1n) is 6.96. The van der Waals surface area contributed by atoms with E-state index in [2.05, 4.69) is 5.32 Å². The monoisotopic (exact) mass is 297 g/mol. The van der Waals surface area contributed by atoms with E-state index in [4.69, 9.17) is 9.84 Å². The van der Waals surface area contributed by atoms with Crippen molar-refractivity contribution in [3.05, 3.63) is 65.2 Å². The van der Waals surface area contributed by atoms with Crippen molar-refractivity contribution in [1.29, 1.82) is 0 Å². The van der Waals surface area contributed by atoms with Gasteiger partial charge in [0.15, 0.2) is 0 Å². The molecule has 0 aromatic heterocycles. The Hall–Kier alpha value is -2.59. The van der Waals surface area contributed by atoms with Crippen LogP contribution in [0.25, 0.3) is 6.08 Å². The van der Waals surface area contributed by atoms with E-state index in [1.54, 1.807) is 19.3 Å². The fourth-order valence-electron chi connectivity index (χ4n) is 1.99. The van der Waals surface area contributed by atoms with Gasteiger partial charge < -0.3 is 15.2 Å². The average Bonchev–Trinajstić information content (AvgIpc) is 2.55. The second-order valence-electron chi connectivity index (χ2n) is 4.91. The first-order valence-corrected chi connectivity index (χ1v) is 6.96. The highest BCUT2D eigenvalue weighted by Crippen LogP contribution is 2.17. The quantitative estimate of drug-likeness (QED) is 0.834. The van der Waals surface area contributed by atoms with Crippen molar-refractivity contribution in [2.24, 2.45) is 0 Å². The van der Waals surface area contributed by atoms with Crippen molar-refractivity contribution in [3.63, 3.8) is 0 Å². The molecule has 2 aromatic carbocycles. The van der Waals surface area contributed by atoms with Crippen LogP contribution in [0.15, 0.2) is 48.5 Å². The lowest BCUT2D eigenvalue weighted by Crippen LogP contribution is -2.09. The van der Waals surface area contributed by atoms with Gasteiger partial charge in [-0.3, -0.25) is 4.79 Å². The number of methoxy groups -OCH3 is 1. The Morgan fingerprint density at radius 3 is 2.82 bits per heavy atom. The maximum absolute atomic E-state index is 12.0. The molecule has 0 aliphatic rings. The van der Waals surface area contributed by atoms with Gasteiger partial charge in [0.25, 0.3) is 0 Å². The molecule has 0 fully saturated rings. The van der Waals surface area contributed by atoms with E-state index < -0.39 is 0 Å². The third-order valence-corrected chi connectivity index (χ3v) is 3.26. The third kappa shape index (κ3) is 4.20. The molecule has 2 rings (SSSR count). The van der Waals surface area contributed by atoms with Crippen molar-refractivity contribution in [2.45, 2.75) is 13.5 Å². The van der Waals surface area contributed by atoms with E-state index in [-0.39, 0.29) is 12.5 Å². The van der Waals surface area contributed by atoms with Gasteiger partial charge in [0.1, 0.15) is 5.75 Å². The largest absolute Gasteiger partial charge is 0.497 e. The number of aliphatic hydroxyl groups is 1. The molecule has 1 amide bonds. The molecule has 0 atom stereocenters. The molecule has 0 saturated carbocycles. The standard InChI is InChI=1S/C18H19NO3/c1-13-6-7-15(12-20)11-17(13)19-18(21)9-8-14-4-3-5-16(10-14)22-2/h3-11,20H,12H2,1-2H3,(H,19,21)/b9-8+. The fraction of sp³-hybridized carbons (Fsp3) is 0.167. The SMILES string of the molecule is COc1cccc(/C=C/C(=O)Nc2cc(CO)ccc2C)c1. The van der Waals surface area contributed by atoms with Crippen molar-refractivity contribution in [3.8, 4) is 5.75 Å². The lowest BCUT2D eigenvalue weighted by molar-refractivity contribution is -0.111. The second-order valence-corrected chi connectivity index (χ2v) is 4.91. The predicted molar refractivity (Wildman–Crippen MR) is 87.8 cm³/mol. The third-order valence-electron chi connectivity index (χ3n) is 3.26. The van der Waals surface area contributed by atoms with Crippen LogP contribution in [0.1, 0.15) is 16.7 Å². The molecule has 0 aliphatic carbocycles. The van der Waals surface area contributed by atoms with Gasteiger partial charge in [-0.2, -0.15) is 0 Å². The van der Waals surface area contributed by atoms with E-state index in [9.17, 15) is 4.79 Å². The number of rotatable bonds is 5. The van der Waals surface area contributed by atoms with Gasteiger partial charge in [-0.1, -0.05) is 24.3 Å². The number of aliphatic hydroxyl groups excluding tert-OH is 1. The Balaban J connectivity index is 2.07. The highest BCUT2D eigenvalue weighted by Gasteiger charge is 2.03. The van der Waals surface area contributed by atoms with Crippen LogP contribution in [0.5, 0.6) is 5.75 Å². The molecule has 0 radical (unpaired) electrons. The summed E-state index contributed by atoms with van der Waals surface area (Å²) in [6, 6.07) is 12.9. The van der Waals surface area contributed by atoms with Gasteiger partial charge in [-0.25, -0.2) is 0 Å². The minimum atomic E-state index is -0.221. The molecular weight excluding hydrogens is 278 g/mol. The summed E-state index contributed by atoms with van der Waals surface area (Å²) in [5.74, 6) is 0.523. The number of aryl methyl sites for hydroxylation is 1. The van der Waals surface area contributed by atoms with Gasteiger partial charge in [0.2, 0.25) is 5.91 Å². The normalized spacial score (nSPS) is 10.7. The molecule has 22 heavy (non-hydrogen) atoms. The van der Waals surface area contributed by atoms with E-state index in [1.165, 1.54) is 6.08 Å². The van der Waals surface area contributed by atoms with E-state index >= 15 is 0 Å². The molecule has 4 heteroatoms. The van der Waals surface area contributed by atoms with Crippen molar-refractivity contribution in [1.82, 2.24) is 0 Å². The molecule has 2 aromatic rings. The number of anilines is 1. The zero-order chi connectivity index (χ0) is 15.9. The zero-order valence-electron chi connectivity index (χ0n) is 12.7. The molecule has 0 bridgehead atoms. The average molecular weight is 297 g/mol. The molecule has 0 heterocycles. The molecule has 0 saturated heterocycles. The van der Waals surface area contributed by atoms with E-state index in [0.717, 1.165) is 22.4 Å². The van der Waals surface area contributed by atoms with Crippen LogP contribution in [0.4, 0.5) is 5.69 Å². The summed E-state index contributed by atoms with van der Waals surface area (Å²) >= 11 is 0. The van der Waals surface area contributed by atoms with E-state index in [0.29, 0.717) is 5.69 Å². The minimum absolute atomic E-state index is 0.0528. The highest BCUT2D eigenvalue weighted by molar-refractivity contribution is 6.02. The van der Waals surface area contributed by atoms with Gasteiger partial charge in [0.05, 0.1) is 13.7 Å². The highest BCUT2D eigenvalue weighted by atomic mass is 16.5. The molecule has 114 valence electrons. The zero-order valence-corrected chi connectivity index (χ0v) is 12.7. The number of hydrogen-bond acceptors (Lipinski definition) is 3. The van der Waals surface area contributed by atoms with Gasteiger partial charge in [0, 0.05) is 11.8 Å². The molecule has 0 aliphatic heterocycles. The van der Waals surface area contributed by atoms with Gasteiger partial charge >= 0.3 is 0 Å². The summed E-state index contributed by atoms with van der Waals surface area (Å²) < 4.78 is 5.14. The summed E-state index contributed by atoms with van der Waals surface area (Å²) in [6.45, 7) is 1.85. The topological polar surface area (TPSA) is 58.6 Å². The summed E-state index contributed by atoms with van der Waals surface area (Å²) in [5.41, 5.74) is 3.29. The number of amides is 1. The first kappa shape index (κ1) is 15.8. The van der Waals surface area contributed by atoms with Crippen LogP contribution in [0, 0.1) is 6.92 Å². The fourth-order valence-corrected chi connectivity index (χ4v) is 1.99. The summed E-state index contributed by atoms with van der Waals surface area (Å²) in [5, 5.41) is 12.0. The molecule has 4 nitrogen and oxygen atoms in total. The van der Waals surface area contributed by atoms with Crippen molar-refractivity contribution in [2.75, 3.05) is 12.4 Å². The molecule has 2 N–H and O–H groups in total. The Morgan fingerprint density at radius 1 is 1.27 bits per heavy atom. The Bertz CT molecular complexity index is 692. The second kappa shape index (κ2) is 7.43. The Labute approximate surface area is 130 Å². The van der Waals surface area contributed by atoms with Crippen LogP contribution in [-0.4, -0.2) is 18.1 Å². The maximum Gasteiger partial charge on any atom is 0.248 e. The Kier molecular flexibility index (Phi) is 5.33. The van der Waals surface area contributed by atoms with Crippen LogP contribution >= 0.6 is 0 Å². The summed E-state index contributed by atoms with van der Waals surface area (Å²) in [6.07, 6.45) is 3.20. The van der Waals surface area contributed by atoms with Crippen LogP contribution < -0.4 is 10.1 Å². The lowest BCUT2D eigenvalue weighted by atomic mass is 10.1. The predicted octanol–water partition coefficient (Wildman–Crippen LogP) is 3.15. The smallest absolute Gasteiger partial charge is 0.248 e. The number of ether oxygens (including phenoxy) is 1. The maximum atomic E-state index is 12.0. The Morgan fingerprint density at radius 2 is 2.09 bits per heavy atom. The van der Waals surface area contributed by atoms with E-state index in [1.807, 2.05) is 43.3 Å². The minimum Gasteiger partial charge on any atom is -0.497 e. The van der Waals surface area contributed by atoms with Crippen LogP contribution in [0.3, 0.4) is 0 Å². The van der Waals surface area contributed by atoms with Crippen molar-refractivity contribution < 1.29 is 14.6 Å². The number of hydrogen-bond donors (Lipinski definition) is 2. The number of nitrogens with one attached hydrogen (secondary N) is 1. The molecule has 0 spiro atoms.